The van der Waals surface area contributed by atoms with E-state index in [0.29, 0.717) is 12.0 Å². The molecular formula is C21H24N4S2. The number of rotatable bonds is 5. The van der Waals surface area contributed by atoms with Crippen LogP contribution < -0.4 is 0 Å². The fourth-order valence-electron chi connectivity index (χ4n) is 4.03. The van der Waals surface area contributed by atoms with Crippen LogP contribution in [0, 0.1) is 4.77 Å². The summed E-state index contributed by atoms with van der Waals surface area (Å²) in [6.07, 6.45) is 3.60. The Kier molecular flexibility index (Phi) is 4.50. The molecule has 1 aliphatic carbocycles. The summed E-state index contributed by atoms with van der Waals surface area (Å²) in [5.74, 6) is 1.75. The highest BCUT2D eigenvalue weighted by molar-refractivity contribution is 7.71. The van der Waals surface area contributed by atoms with Gasteiger partial charge in [0.2, 0.25) is 0 Å². The van der Waals surface area contributed by atoms with Crippen LogP contribution in [0.3, 0.4) is 0 Å². The van der Waals surface area contributed by atoms with Crippen LogP contribution in [0.2, 0.25) is 0 Å². The van der Waals surface area contributed by atoms with Gasteiger partial charge < -0.3 is 0 Å². The van der Waals surface area contributed by atoms with E-state index < -0.39 is 0 Å². The second-order valence-electron chi connectivity index (χ2n) is 7.67. The molecule has 1 atom stereocenters. The van der Waals surface area contributed by atoms with E-state index in [1.807, 2.05) is 11.3 Å². The van der Waals surface area contributed by atoms with Gasteiger partial charge >= 0.3 is 0 Å². The summed E-state index contributed by atoms with van der Waals surface area (Å²) in [7, 11) is 0. The Morgan fingerprint density at radius 3 is 2.78 bits per heavy atom. The minimum atomic E-state index is 0.422. The minimum absolute atomic E-state index is 0.422. The van der Waals surface area contributed by atoms with Gasteiger partial charge in [0.05, 0.1) is 13.2 Å². The van der Waals surface area contributed by atoms with Gasteiger partial charge in [0, 0.05) is 23.4 Å². The monoisotopic (exact) mass is 396 g/mol. The standard InChI is InChI=1S/C21H24N4S2/c1-15-18-10-12-27-19(18)9-11-23(15)14-25-21(26)24(20(22-25)17-7-8-17)13-16-5-3-2-4-6-16/h2-6,10,12,15,17H,7-9,11,13-14H2,1H3/t15-/m1/s1. The van der Waals surface area contributed by atoms with Crippen molar-refractivity contribution in [2.45, 2.75) is 51.4 Å². The number of hydrogen-bond donors (Lipinski definition) is 0. The lowest BCUT2D eigenvalue weighted by atomic mass is 10.0. The molecular weight excluding hydrogens is 372 g/mol. The zero-order valence-corrected chi connectivity index (χ0v) is 17.2. The maximum Gasteiger partial charge on any atom is 0.199 e. The molecule has 27 heavy (non-hydrogen) atoms. The molecule has 0 amide bonds. The molecule has 2 aliphatic rings. The third-order valence-electron chi connectivity index (χ3n) is 5.80. The first-order valence-electron chi connectivity index (χ1n) is 9.72. The number of benzene rings is 1. The van der Waals surface area contributed by atoms with Crippen molar-refractivity contribution < 1.29 is 0 Å². The van der Waals surface area contributed by atoms with Gasteiger partial charge in [-0.3, -0.25) is 9.47 Å². The molecule has 1 fully saturated rings. The summed E-state index contributed by atoms with van der Waals surface area (Å²) in [5, 5.41) is 7.19. The Bertz CT molecular complexity index is 997. The lowest BCUT2D eigenvalue weighted by molar-refractivity contribution is 0.144. The molecule has 0 bridgehead atoms. The summed E-state index contributed by atoms with van der Waals surface area (Å²) in [5.41, 5.74) is 2.76. The van der Waals surface area contributed by atoms with E-state index in [0.717, 1.165) is 31.0 Å². The first-order chi connectivity index (χ1) is 13.2. The predicted octanol–water partition coefficient (Wildman–Crippen LogP) is 4.98. The maximum absolute atomic E-state index is 5.87. The highest BCUT2D eigenvalue weighted by Gasteiger charge is 2.31. The number of fused-ring (bicyclic) bond motifs is 1. The van der Waals surface area contributed by atoms with E-state index in [1.165, 1.54) is 34.7 Å². The van der Waals surface area contributed by atoms with Crippen LogP contribution in [-0.4, -0.2) is 25.8 Å². The normalized spacial score (nSPS) is 20.0. The van der Waals surface area contributed by atoms with E-state index in [9.17, 15) is 0 Å². The molecule has 0 saturated heterocycles. The van der Waals surface area contributed by atoms with Crippen LogP contribution in [0.25, 0.3) is 0 Å². The summed E-state index contributed by atoms with van der Waals surface area (Å²) in [6, 6.07) is 13.3. The van der Waals surface area contributed by atoms with Crippen molar-refractivity contribution in [1.29, 1.82) is 0 Å². The van der Waals surface area contributed by atoms with Crippen molar-refractivity contribution in [1.82, 2.24) is 19.2 Å². The lowest BCUT2D eigenvalue weighted by Crippen LogP contribution is -2.35. The zero-order valence-electron chi connectivity index (χ0n) is 15.5. The van der Waals surface area contributed by atoms with Crippen molar-refractivity contribution in [3.05, 3.63) is 68.4 Å². The van der Waals surface area contributed by atoms with Crippen LogP contribution in [-0.2, 0) is 19.6 Å². The Morgan fingerprint density at radius 2 is 2.00 bits per heavy atom. The highest BCUT2D eigenvalue weighted by atomic mass is 32.1. The topological polar surface area (TPSA) is 26.0 Å². The van der Waals surface area contributed by atoms with Gasteiger partial charge in [-0.05, 0) is 61.0 Å². The maximum atomic E-state index is 5.87. The molecule has 5 rings (SSSR count). The summed E-state index contributed by atoms with van der Waals surface area (Å²) < 4.78 is 5.16. The van der Waals surface area contributed by atoms with Gasteiger partial charge in [-0.25, -0.2) is 4.68 Å². The molecule has 0 N–H and O–H groups in total. The van der Waals surface area contributed by atoms with E-state index >= 15 is 0 Å². The molecule has 3 heterocycles. The van der Waals surface area contributed by atoms with E-state index in [-0.39, 0.29) is 0 Å². The Hall–Kier alpha value is -1.76. The summed E-state index contributed by atoms with van der Waals surface area (Å²) in [6.45, 7) is 4.96. The Labute approximate surface area is 169 Å². The van der Waals surface area contributed by atoms with Gasteiger partial charge in [-0.15, -0.1) is 11.3 Å². The molecule has 3 aromatic rings. The van der Waals surface area contributed by atoms with Crippen molar-refractivity contribution in [2.75, 3.05) is 6.54 Å². The molecule has 6 heteroatoms. The number of thiophene rings is 1. The predicted molar refractivity (Wildman–Crippen MR) is 112 cm³/mol. The van der Waals surface area contributed by atoms with E-state index in [1.54, 1.807) is 0 Å². The van der Waals surface area contributed by atoms with Gasteiger partial charge in [0.25, 0.3) is 0 Å². The molecule has 0 spiro atoms. The quantitative estimate of drug-likeness (QED) is 0.569. The summed E-state index contributed by atoms with van der Waals surface area (Å²) in [4.78, 5) is 4.04. The average Bonchev–Trinajstić information content (AvgIpc) is 3.34. The summed E-state index contributed by atoms with van der Waals surface area (Å²) >= 11 is 7.75. The third kappa shape index (κ3) is 3.30. The third-order valence-corrected chi connectivity index (χ3v) is 7.22. The average molecular weight is 397 g/mol. The van der Waals surface area contributed by atoms with Crippen molar-refractivity contribution in [2.24, 2.45) is 0 Å². The molecule has 4 nitrogen and oxygen atoms in total. The molecule has 140 valence electrons. The first-order valence-corrected chi connectivity index (χ1v) is 11.0. The molecule has 0 unspecified atom stereocenters. The fourth-order valence-corrected chi connectivity index (χ4v) is 5.25. The van der Waals surface area contributed by atoms with Crippen LogP contribution in [0.4, 0.5) is 0 Å². The van der Waals surface area contributed by atoms with Gasteiger partial charge in [0.15, 0.2) is 4.77 Å². The van der Waals surface area contributed by atoms with E-state index in [2.05, 4.69) is 62.9 Å². The van der Waals surface area contributed by atoms with Gasteiger partial charge in [0.1, 0.15) is 5.82 Å². The SMILES string of the molecule is C[C@@H]1c2ccsc2CCN1Cn1nc(C2CC2)n(Cc2ccccc2)c1=S. The smallest absolute Gasteiger partial charge is 0.199 e. The van der Waals surface area contributed by atoms with Crippen LogP contribution in [0.1, 0.15) is 53.6 Å². The minimum Gasteiger partial charge on any atom is -0.299 e. The number of hydrogen-bond acceptors (Lipinski definition) is 4. The van der Waals surface area contributed by atoms with Gasteiger partial charge in [-0.2, -0.15) is 5.10 Å². The Morgan fingerprint density at radius 1 is 1.19 bits per heavy atom. The zero-order chi connectivity index (χ0) is 18.4. The largest absolute Gasteiger partial charge is 0.299 e. The molecule has 0 radical (unpaired) electrons. The molecule has 1 saturated carbocycles. The van der Waals surface area contributed by atoms with Crippen LogP contribution >= 0.6 is 23.6 Å². The second-order valence-corrected chi connectivity index (χ2v) is 9.03. The number of nitrogens with zero attached hydrogens (tertiary/aromatic N) is 4. The highest BCUT2D eigenvalue weighted by Crippen LogP contribution is 2.39. The molecule has 1 aromatic carbocycles. The van der Waals surface area contributed by atoms with Crippen molar-refractivity contribution in [3.63, 3.8) is 0 Å². The second kappa shape index (κ2) is 7.00. The first kappa shape index (κ1) is 17.3. The van der Waals surface area contributed by atoms with E-state index in [4.69, 9.17) is 17.3 Å². The van der Waals surface area contributed by atoms with Crippen LogP contribution in [0.5, 0.6) is 0 Å². The van der Waals surface area contributed by atoms with Crippen LogP contribution in [0.15, 0.2) is 41.8 Å². The fraction of sp³-hybridized carbons (Fsp3) is 0.429. The van der Waals surface area contributed by atoms with Gasteiger partial charge in [-0.1, -0.05) is 30.3 Å². The lowest BCUT2D eigenvalue weighted by Gasteiger charge is -2.33. The Balaban J connectivity index is 1.43. The number of aromatic nitrogens is 3. The van der Waals surface area contributed by atoms with Crippen molar-refractivity contribution in [3.8, 4) is 0 Å². The molecule has 2 aromatic heterocycles. The van der Waals surface area contributed by atoms with Crippen molar-refractivity contribution >= 4 is 23.6 Å². The molecule has 1 aliphatic heterocycles.